The molecule has 0 aromatic carbocycles. The largest absolute Gasteiger partial charge is 0.396 e. The molecular weight excluding hydrogens is 248 g/mol. The molecule has 1 atom stereocenters. The summed E-state index contributed by atoms with van der Waals surface area (Å²) < 4.78 is 0. The van der Waals surface area contributed by atoms with Crippen molar-refractivity contribution in [2.45, 2.75) is 52.0 Å². The lowest BCUT2D eigenvalue weighted by molar-refractivity contribution is 0.0890. The molecule has 0 fully saturated rings. The van der Waals surface area contributed by atoms with Gasteiger partial charge in [-0.2, -0.15) is 0 Å². The number of nitrogens with zero attached hydrogens (tertiary/aromatic N) is 1. The van der Waals surface area contributed by atoms with Crippen molar-refractivity contribution in [1.29, 1.82) is 0 Å². The van der Waals surface area contributed by atoms with Gasteiger partial charge in [0.1, 0.15) is 4.88 Å². The summed E-state index contributed by atoms with van der Waals surface area (Å²) in [7, 11) is 0. The van der Waals surface area contributed by atoms with E-state index in [4.69, 9.17) is 5.11 Å². The zero-order chi connectivity index (χ0) is 13.8. The summed E-state index contributed by atoms with van der Waals surface area (Å²) in [5, 5.41) is 13.0. The molecule has 1 amide bonds. The highest BCUT2D eigenvalue weighted by atomic mass is 32.1. The second kappa shape index (κ2) is 6.29. The Bertz CT molecular complexity index is 403. The molecule has 1 aromatic rings. The molecule has 18 heavy (non-hydrogen) atoms. The van der Waals surface area contributed by atoms with E-state index in [0.717, 1.165) is 11.4 Å². The molecular formula is C13H22N2O2S. The van der Waals surface area contributed by atoms with E-state index in [2.05, 4.69) is 24.1 Å². The molecule has 2 N–H and O–H groups in total. The Kier molecular flexibility index (Phi) is 5.28. The first kappa shape index (κ1) is 15.1. The van der Waals surface area contributed by atoms with Crippen LogP contribution in [0.1, 0.15) is 61.1 Å². The van der Waals surface area contributed by atoms with Crippen molar-refractivity contribution in [1.82, 2.24) is 10.3 Å². The van der Waals surface area contributed by atoms with E-state index in [9.17, 15) is 4.79 Å². The highest BCUT2D eigenvalue weighted by Gasteiger charge is 2.25. The van der Waals surface area contributed by atoms with Gasteiger partial charge in [0.15, 0.2) is 0 Å². The van der Waals surface area contributed by atoms with E-state index < -0.39 is 0 Å². The average Bonchev–Trinajstić information content (AvgIpc) is 2.78. The summed E-state index contributed by atoms with van der Waals surface area (Å²) in [6.45, 7) is 8.14. The molecule has 4 nitrogen and oxygen atoms in total. The molecule has 0 saturated heterocycles. The van der Waals surface area contributed by atoms with Crippen molar-refractivity contribution in [2.24, 2.45) is 0 Å². The van der Waals surface area contributed by atoms with Gasteiger partial charge in [-0.15, -0.1) is 11.3 Å². The molecule has 1 aromatic heterocycles. The number of amides is 1. The SMILES string of the molecule is CCC(C)(CCO)NC(=O)c1cnc(C(C)C)s1. The van der Waals surface area contributed by atoms with Crippen LogP contribution in [0.2, 0.25) is 0 Å². The second-order valence-corrected chi connectivity index (χ2v) is 6.12. The van der Waals surface area contributed by atoms with Gasteiger partial charge < -0.3 is 10.4 Å². The monoisotopic (exact) mass is 270 g/mol. The Hall–Kier alpha value is -0.940. The summed E-state index contributed by atoms with van der Waals surface area (Å²) in [4.78, 5) is 17.0. The Morgan fingerprint density at radius 3 is 2.72 bits per heavy atom. The van der Waals surface area contributed by atoms with E-state index in [1.54, 1.807) is 6.20 Å². The van der Waals surface area contributed by atoms with Gasteiger partial charge in [-0.25, -0.2) is 4.98 Å². The number of rotatable bonds is 6. The molecule has 0 aliphatic heterocycles. The van der Waals surface area contributed by atoms with E-state index >= 15 is 0 Å². The van der Waals surface area contributed by atoms with Gasteiger partial charge in [-0.3, -0.25) is 4.79 Å². The summed E-state index contributed by atoms with van der Waals surface area (Å²) in [5.74, 6) is 0.240. The Balaban J connectivity index is 2.74. The fourth-order valence-electron chi connectivity index (χ4n) is 1.57. The maximum absolute atomic E-state index is 12.1. The van der Waals surface area contributed by atoms with Crippen LogP contribution in [-0.2, 0) is 0 Å². The highest BCUT2D eigenvalue weighted by molar-refractivity contribution is 7.13. The van der Waals surface area contributed by atoms with Crippen LogP contribution in [0.15, 0.2) is 6.20 Å². The first-order chi connectivity index (χ1) is 8.41. The van der Waals surface area contributed by atoms with Gasteiger partial charge >= 0.3 is 0 Å². The summed E-state index contributed by atoms with van der Waals surface area (Å²) >= 11 is 1.43. The van der Waals surface area contributed by atoms with Crippen molar-refractivity contribution in [3.63, 3.8) is 0 Å². The number of hydrogen-bond donors (Lipinski definition) is 2. The van der Waals surface area contributed by atoms with Gasteiger partial charge in [-0.1, -0.05) is 20.8 Å². The average molecular weight is 270 g/mol. The number of aliphatic hydroxyl groups excluding tert-OH is 1. The smallest absolute Gasteiger partial charge is 0.263 e. The molecule has 0 bridgehead atoms. The quantitative estimate of drug-likeness (QED) is 0.835. The topological polar surface area (TPSA) is 62.2 Å². The van der Waals surface area contributed by atoms with E-state index in [0.29, 0.717) is 17.2 Å². The first-order valence-corrected chi connectivity index (χ1v) is 7.12. The van der Waals surface area contributed by atoms with E-state index in [-0.39, 0.29) is 18.1 Å². The number of thiazole rings is 1. The molecule has 0 radical (unpaired) electrons. The van der Waals surface area contributed by atoms with Crippen molar-refractivity contribution in [3.05, 3.63) is 16.1 Å². The summed E-state index contributed by atoms with van der Waals surface area (Å²) in [5.41, 5.74) is -0.353. The molecule has 1 heterocycles. The Morgan fingerprint density at radius 1 is 1.61 bits per heavy atom. The van der Waals surface area contributed by atoms with E-state index in [1.807, 2.05) is 13.8 Å². The number of hydrogen-bond acceptors (Lipinski definition) is 4. The first-order valence-electron chi connectivity index (χ1n) is 6.31. The number of nitrogens with one attached hydrogen (secondary N) is 1. The predicted octanol–water partition coefficient (Wildman–Crippen LogP) is 2.55. The second-order valence-electron chi connectivity index (χ2n) is 5.06. The maximum atomic E-state index is 12.1. The normalized spacial score (nSPS) is 14.6. The van der Waals surface area contributed by atoms with Crippen LogP contribution < -0.4 is 5.32 Å². The zero-order valence-corrected chi connectivity index (χ0v) is 12.3. The van der Waals surface area contributed by atoms with Crippen molar-refractivity contribution >= 4 is 17.2 Å². The van der Waals surface area contributed by atoms with Crippen molar-refractivity contribution < 1.29 is 9.90 Å². The molecule has 0 saturated carbocycles. The molecule has 0 aliphatic rings. The minimum absolute atomic E-state index is 0.0740. The highest BCUT2D eigenvalue weighted by Crippen LogP contribution is 2.22. The maximum Gasteiger partial charge on any atom is 0.263 e. The van der Waals surface area contributed by atoms with Crippen LogP contribution in [0.5, 0.6) is 0 Å². The lowest BCUT2D eigenvalue weighted by atomic mass is 9.95. The van der Waals surface area contributed by atoms with Gasteiger partial charge in [0.25, 0.3) is 5.91 Å². The third-order valence-electron chi connectivity index (χ3n) is 3.10. The molecule has 5 heteroatoms. The Morgan fingerprint density at radius 2 is 2.28 bits per heavy atom. The lowest BCUT2D eigenvalue weighted by Gasteiger charge is -2.28. The molecule has 1 unspecified atom stereocenters. The molecule has 0 aliphatic carbocycles. The third kappa shape index (κ3) is 3.78. The summed E-state index contributed by atoms with van der Waals surface area (Å²) in [6, 6.07) is 0. The van der Waals surface area contributed by atoms with Gasteiger partial charge in [0.05, 0.1) is 11.2 Å². The fourth-order valence-corrected chi connectivity index (χ4v) is 2.39. The number of aliphatic hydroxyl groups is 1. The third-order valence-corrected chi connectivity index (χ3v) is 4.40. The van der Waals surface area contributed by atoms with E-state index in [1.165, 1.54) is 11.3 Å². The lowest BCUT2D eigenvalue weighted by Crippen LogP contribution is -2.45. The van der Waals surface area contributed by atoms with Gasteiger partial charge in [0, 0.05) is 18.1 Å². The van der Waals surface area contributed by atoms with Crippen molar-refractivity contribution in [2.75, 3.05) is 6.61 Å². The van der Waals surface area contributed by atoms with Crippen LogP contribution in [-0.4, -0.2) is 28.1 Å². The van der Waals surface area contributed by atoms with Crippen LogP contribution >= 0.6 is 11.3 Å². The minimum Gasteiger partial charge on any atom is -0.396 e. The van der Waals surface area contributed by atoms with Gasteiger partial charge in [0.2, 0.25) is 0 Å². The van der Waals surface area contributed by atoms with Crippen LogP contribution in [0, 0.1) is 0 Å². The number of carbonyl (C=O) groups excluding carboxylic acids is 1. The Labute approximate surface area is 112 Å². The van der Waals surface area contributed by atoms with Crippen LogP contribution in [0.4, 0.5) is 0 Å². The number of aromatic nitrogens is 1. The molecule has 1 rings (SSSR count). The van der Waals surface area contributed by atoms with Crippen LogP contribution in [0.25, 0.3) is 0 Å². The zero-order valence-electron chi connectivity index (χ0n) is 11.5. The molecule has 102 valence electrons. The molecule has 0 spiro atoms. The fraction of sp³-hybridized carbons (Fsp3) is 0.692. The number of carbonyl (C=O) groups is 1. The standard InChI is InChI=1S/C13H22N2O2S/c1-5-13(4,6-7-16)15-11(17)10-8-14-12(18-10)9(2)3/h8-9,16H,5-7H2,1-4H3,(H,15,17). The van der Waals surface area contributed by atoms with Gasteiger partial charge in [-0.05, 0) is 19.8 Å². The predicted molar refractivity (Wildman–Crippen MR) is 74.1 cm³/mol. The van der Waals surface area contributed by atoms with Crippen LogP contribution in [0.3, 0.4) is 0 Å². The minimum atomic E-state index is -0.353. The summed E-state index contributed by atoms with van der Waals surface area (Å²) in [6.07, 6.45) is 2.98. The van der Waals surface area contributed by atoms with Crippen molar-refractivity contribution in [3.8, 4) is 0 Å².